The third-order valence-corrected chi connectivity index (χ3v) is 5.12. The van der Waals surface area contributed by atoms with Gasteiger partial charge in [-0.3, -0.25) is 0 Å². The molecule has 1 aromatic carbocycles. The van der Waals surface area contributed by atoms with Gasteiger partial charge in [0.2, 0.25) is 0 Å². The third kappa shape index (κ3) is 6.11. The van der Waals surface area contributed by atoms with Crippen molar-refractivity contribution >= 4 is 23.0 Å². The molecule has 1 aliphatic heterocycles. The number of piperidine rings is 1. The molecule has 0 amide bonds. The van der Waals surface area contributed by atoms with Crippen LogP contribution in [0.4, 0.5) is 5.69 Å². The molecule has 0 spiro atoms. The Morgan fingerprint density at radius 1 is 1.26 bits per heavy atom. The van der Waals surface area contributed by atoms with Crippen molar-refractivity contribution in [1.29, 1.82) is 0 Å². The number of hydrogen-bond acceptors (Lipinski definition) is 1. The second-order valence-corrected chi connectivity index (χ2v) is 7.47. The van der Waals surface area contributed by atoms with Gasteiger partial charge in [-0.15, -0.1) is 0 Å². The molecule has 23 heavy (non-hydrogen) atoms. The summed E-state index contributed by atoms with van der Waals surface area (Å²) in [4.78, 5) is 1.77. The van der Waals surface area contributed by atoms with Crippen molar-refractivity contribution in [2.45, 2.75) is 58.4 Å². The van der Waals surface area contributed by atoms with E-state index in [1.165, 1.54) is 44.3 Å². The first-order chi connectivity index (χ1) is 11.1. The number of rotatable bonds is 6. The zero-order chi connectivity index (χ0) is 16.7. The monoisotopic (exact) mass is 334 g/mol. The third-order valence-electron chi connectivity index (χ3n) is 4.88. The van der Waals surface area contributed by atoms with Gasteiger partial charge < -0.3 is 15.5 Å². The quantitative estimate of drug-likeness (QED) is 0.552. The number of hydrogen-bond donors (Lipinski definition) is 3. The van der Waals surface area contributed by atoms with E-state index >= 15 is 0 Å². The maximum atomic E-state index is 5.38. The smallest absolute Gasteiger partial charge is 0.170 e. The SMILES string of the molecule is CC(C)c1ccc(NC(=S)NCCC[NH+]2CCCC[C@H]2C)cc1. The molecule has 0 saturated carbocycles. The highest BCUT2D eigenvalue weighted by Crippen LogP contribution is 2.16. The summed E-state index contributed by atoms with van der Waals surface area (Å²) in [6.07, 6.45) is 5.36. The molecule has 4 heteroatoms. The van der Waals surface area contributed by atoms with E-state index in [-0.39, 0.29) is 0 Å². The standard InChI is InChI=1S/C19H31N3S/c1-15(2)17-8-10-18(11-9-17)21-19(23)20-12-6-14-22-13-5-4-7-16(22)3/h8-11,15-16H,4-7,12-14H2,1-3H3,(H2,20,21,23)/p+1/t16-/m1/s1. The van der Waals surface area contributed by atoms with Crippen LogP contribution in [0.1, 0.15) is 57.9 Å². The lowest BCUT2D eigenvalue weighted by molar-refractivity contribution is -0.928. The largest absolute Gasteiger partial charge is 0.362 e. The highest BCUT2D eigenvalue weighted by atomic mass is 32.1. The summed E-state index contributed by atoms with van der Waals surface area (Å²) in [5, 5.41) is 7.32. The molecule has 1 aliphatic rings. The van der Waals surface area contributed by atoms with Gasteiger partial charge in [0.05, 0.1) is 19.1 Å². The Bertz CT molecular complexity index is 484. The Morgan fingerprint density at radius 2 is 2.00 bits per heavy atom. The summed E-state index contributed by atoms with van der Waals surface area (Å²) >= 11 is 5.38. The van der Waals surface area contributed by atoms with E-state index in [0.717, 1.165) is 23.4 Å². The average Bonchev–Trinajstić information content (AvgIpc) is 2.53. The predicted octanol–water partition coefficient (Wildman–Crippen LogP) is 2.94. The minimum absolute atomic E-state index is 0.564. The fourth-order valence-corrected chi connectivity index (χ4v) is 3.49. The van der Waals surface area contributed by atoms with Crippen LogP contribution in [0, 0.1) is 0 Å². The molecular weight excluding hydrogens is 302 g/mol. The first kappa shape index (κ1) is 18.2. The molecule has 0 radical (unpaired) electrons. The normalized spacial score (nSPS) is 21.2. The van der Waals surface area contributed by atoms with Crippen molar-refractivity contribution in [2.75, 3.05) is 25.0 Å². The van der Waals surface area contributed by atoms with Crippen molar-refractivity contribution in [1.82, 2.24) is 5.32 Å². The molecule has 1 unspecified atom stereocenters. The van der Waals surface area contributed by atoms with Crippen molar-refractivity contribution in [3.63, 3.8) is 0 Å². The van der Waals surface area contributed by atoms with Crippen LogP contribution in [0.5, 0.6) is 0 Å². The molecule has 1 aromatic rings. The molecule has 2 atom stereocenters. The number of benzene rings is 1. The highest BCUT2D eigenvalue weighted by Gasteiger charge is 2.20. The van der Waals surface area contributed by atoms with Gasteiger partial charge in [-0.25, -0.2) is 0 Å². The zero-order valence-electron chi connectivity index (χ0n) is 14.8. The molecule has 0 bridgehead atoms. The molecule has 3 nitrogen and oxygen atoms in total. The van der Waals surface area contributed by atoms with Crippen molar-refractivity contribution in [3.05, 3.63) is 29.8 Å². The Hall–Kier alpha value is -1.13. The zero-order valence-corrected chi connectivity index (χ0v) is 15.6. The topological polar surface area (TPSA) is 28.5 Å². The summed E-state index contributed by atoms with van der Waals surface area (Å²) in [7, 11) is 0. The first-order valence-corrected chi connectivity index (χ1v) is 9.46. The maximum Gasteiger partial charge on any atom is 0.170 e. The van der Waals surface area contributed by atoms with Gasteiger partial charge in [-0.2, -0.15) is 0 Å². The number of anilines is 1. The summed E-state index contributed by atoms with van der Waals surface area (Å²) in [6.45, 7) is 10.3. The van der Waals surface area contributed by atoms with Crippen LogP contribution in [-0.4, -0.2) is 30.8 Å². The van der Waals surface area contributed by atoms with E-state index < -0.39 is 0 Å². The number of quaternary nitrogens is 1. The lowest BCUT2D eigenvalue weighted by Crippen LogP contribution is -3.16. The lowest BCUT2D eigenvalue weighted by atomic mass is 10.0. The average molecular weight is 335 g/mol. The Labute approximate surface area is 146 Å². The van der Waals surface area contributed by atoms with Crippen LogP contribution < -0.4 is 15.5 Å². The number of thiocarbonyl (C=S) groups is 1. The van der Waals surface area contributed by atoms with Gasteiger partial charge in [-0.05, 0) is 62.0 Å². The number of likely N-dealkylation sites (tertiary alicyclic amines) is 1. The molecule has 128 valence electrons. The Balaban J connectivity index is 1.64. The van der Waals surface area contributed by atoms with Crippen LogP contribution in [-0.2, 0) is 0 Å². The van der Waals surface area contributed by atoms with Gasteiger partial charge in [0, 0.05) is 18.7 Å². The highest BCUT2D eigenvalue weighted by molar-refractivity contribution is 7.80. The molecule has 0 aromatic heterocycles. The molecule has 1 fully saturated rings. The molecule has 0 aliphatic carbocycles. The van der Waals surface area contributed by atoms with Crippen LogP contribution in [0.3, 0.4) is 0 Å². The van der Waals surface area contributed by atoms with Crippen molar-refractivity contribution < 1.29 is 4.90 Å². The molecule has 2 rings (SSSR count). The molecule has 1 saturated heterocycles. The van der Waals surface area contributed by atoms with Gasteiger partial charge >= 0.3 is 0 Å². The minimum atomic E-state index is 0.564. The van der Waals surface area contributed by atoms with E-state index in [4.69, 9.17) is 12.2 Å². The van der Waals surface area contributed by atoms with E-state index in [0.29, 0.717) is 5.92 Å². The molecule has 1 heterocycles. The van der Waals surface area contributed by atoms with E-state index in [9.17, 15) is 0 Å². The second kappa shape index (κ2) is 9.24. The van der Waals surface area contributed by atoms with Crippen molar-refractivity contribution in [2.24, 2.45) is 0 Å². The summed E-state index contributed by atoms with van der Waals surface area (Å²) < 4.78 is 0. The number of nitrogens with one attached hydrogen (secondary N) is 3. The van der Waals surface area contributed by atoms with Crippen LogP contribution in [0.25, 0.3) is 0 Å². The van der Waals surface area contributed by atoms with Crippen molar-refractivity contribution in [3.8, 4) is 0 Å². The summed E-state index contributed by atoms with van der Waals surface area (Å²) in [6, 6.07) is 9.35. The van der Waals surface area contributed by atoms with Gasteiger partial charge in [0.15, 0.2) is 5.11 Å². The summed E-state index contributed by atoms with van der Waals surface area (Å²) in [5.74, 6) is 0.564. The predicted molar refractivity (Wildman–Crippen MR) is 103 cm³/mol. The van der Waals surface area contributed by atoms with E-state index in [1.54, 1.807) is 4.90 Å². The lowest BCUT2D eigenvalue weighted by Gasteiger charge is -2.30. The van der Waals surface area contributed by atoms with E-state index in [2.05, 4.69) is 55.7 Å². The Kier molecular flexibility index (Phi) is 7.31. The fraction of sp³-hybridized carbons (Fsp3) is 0.632. The van der Waals surface area contributed by atoms with Crippen LogP contribution in [0.2, 0.25) is 0 Å². The van der Waals surface area contributed by atoms with Gasteiger partial charge in [-0.1, -0.05) is 26.0 Å². The fourth-order valence-electron chi connectivity index (χ4n) is 3.27. The van der Waals surface area contributed by atoms with Crippen LogP contribution in [0.15, 0.2) is 24.3 Å². The first-order valence-electron chi connectivity index (χ1n) is 9.05. The van der Waals surface area contributed by atoms with Crippen LogP contribution >= 0.6 is 12.2 Å². The maximum absolute atomic E-state index is 5.38. The van der Waals surface area contributed by atoms with Gasteiger partial charge in [0.1, 0.15) is 0 Å². The Morgan fingerprint density at radius 3 is 2.65 bits per heavy atom. The molecular formula is C19H32N3S+. The molecule has 3 N–H and O–H groups in total. The van der Waals surface area contributed by atoms with E-state index in [1.807, 2.05) is 0 Å². The second-order valence-electron chi connectivity index (χ2n) is 7.07. The van der Waals surface area contributed by atoms with Gasteiger partial charge in [0.25, 0.3) is 0 Å². The minimum Gasteiger partial charge on any atom is -0.362 e. The summed E-state index contributed by atoms with van der Waals surface area (Å²) in [5.41, 5.74) is 2.41.